The Morgan fingerprint density at radius 1 is 0.818 bits per heavy atom. The first-order valence-corrected chi connectivity index (χ1v) is 10.8. The normalized spacial score (nSPS) is 22.0. The van der Waals surface area contributed by atoms with Crippen molar-refractivity contribution >= 4 is 28.9 Å². The van der Waals surface area contributed by atoms with Crippen molar-refractivity contribution in [2.75, 3.05) is 36.1 Å². The van der Waals surface area contributed by atoms with Gasteiger partial charge in [-0.2, -0.15) is 0 Å². The lowest BCUT2D eigenvalue weighted by Gasteiger charge is -2.29. The Bertz CT molecular complexity index is 1160. The number of methoxy groups -OCH3 is 1. The van der Waals surface area contributed by atoms with Gasteiger partial charge in [0, 0.05) is 19.8 Å². The lowest BCUT2D eigenvalue weighted by molar-refractivity contribution is -0.126. The fourth-order valence-electron chi connectivity index (χ4n) is 4.51. The molecule has 0 aliphatic carbocycles. The highest BCUT2D eigenvalue weighted by Gasteiger charge is 2.60. The van der Waals surface area contributed by atoms with E-state index in [2.05, 4.69) is 0 Å². The lowest BCUT2D eigenvalue weighted by atomic mass is 9.90. The van der Waals surface area contributed by atoms with Crippen molar-refractivity contribution in [1.82, 2.24) is 0 Å². The van der Waals surface area contributed by atoms with E-state index in [0.29, 0.717) is 11.4 Å². The van der Waals surface area contributed by atoms with Crippen LogP contribution in [0.25, 0.3) is 0 Å². The predicted octanol–water partition coefficient (Wildman–Crippen LogP) is 3.81. The molecule has 0 radical (unpaired) electrons. The lowest BCUT2D eigenvalue weighted by Crippen LogP contribution is -2.37. The van der Waals surface area contributed by atoms with E-state index in [0.717, 1.165) is 16.9 Å². The number of fused-ring (bicyclic) bond motifs is 1. The second-order valence-corrected chi connectivity index (χ2v) is 8.35. The SMILES string of the molecule is COc1ccc(N2C(=O)[C@@H]3[C@H](ON(c4ccccc4)[C@H]3c3ccc(N(C)C)cc3)C2=O)cc1. The van der Waals surface area contributed by atoms with E-state index in [4.69, 9.17) is 9.57 Å². The van der Waals surface area contributed by atoms with Crippen molar-refractivity contribution < 1.29 is 19.2 Å². The van der Waals surface area contributed by atoms with Gasteiger partial charge >= 0.3 is 0 Å². The molecule has 0 spiro atoms. The molecule has 0 unspecified atom stereocenters. The molecule has 0 saturated carbocycles. The summed E-state index contributed by atoms with van der Waals surface area (Å²) in [5.74, 6) is -0.632. The first kappa shape index (κ1) is 21.0. The topological polar surface area (TPSA) is 62.3 Å². The highest BCUT2D eigenvalue weighted by atomic mass is 16.7. The minimum Gasteiger partial charge on any atom is -0.497 e. The maximum Gasteiger partial charge on any atom is 0.266 e. The number of carbonyl (C=O) groups is 2. The van der Waals surface area contributed by atoms with E-state index in [1.54, 1.807) is 36.4 Å². The third-order valence-corrected chi connectivity index (χ3v) is 6.21. The summed E-state index contributed by atoms with van der Waals surface area (Å²) in [4.78, 5) is 36.4. The van der Waals surface area contributed by atoms with Crippen LogP contribution in [0.5, 0.6) is 5.75 Å². The van der Waals surface area contributed by atoms with Crippen LogP contribution in [0.3, 0.4) is 0 Å². The minimum absolute atomic E-state index is 0.268. The number of rotatable bonds is 5. The molecule has 2 aliphatic heterocycles. The second-order valence-electron chi connectivity index (χ2n) is 8.35. The number of amides is 2. The zero-order valence-electron chi connectivity index (χ0n) is 18.7. The number of nitrogens with zero attached hydrogens (tertiary/aromatic N) is 3. The Kier molecular flexibility index (Phi) is 5.26. The number of benzene rings is 3. The molecular weight excluding hydrogens is 418 g/mol. The molecule has 7 nitrogen and oxygen atoms in total. The molecule has 3 aromatic rings. The summed E-state index contributed by atoms with van der Waals surface area (Å²) in [7, 11) is 5.53. The molecule has 0 bridgehead atoms. The van der Waals surface area contributed by atoms with Gasteiger partial charge in [0.1, 0.15) is 11.7 Å². The van der Waals surface area contributed by atoms with Gasteiger partial charge in [-0.05, 0) is 54.1 Å². The maximum absolute atomic E-state index is 13.6. The van der Waals surface area contributed by atoms with Crippen molar-refractivity contribution in [2.45, 2.75) is 12.1 Å². The minimum atomic E-state index is -0.890. The third kappa shape index (κ3) is 3.50. The van der Waals surface area contributed by atoms with Gasteiger partial charge in [-0.15, -0.1) is 0 Å². The molecule has 2 saturated heterocycles. The van der Waals surface area contributed by atoms with Crippen LogP contribution in [-0.4, -0.2) is 39.1 Å². The quantitative estimate of drug-likeness (QED) is 0.559. The Balaban J connectivity index is 1.55. The number of hydrogen-bond acceptors (Lipinski definition) is 6. The summed E-state index contributed by atoms with van der Waals surface area (Å²) < 4.78 is 5.20. The number of anilines is 3. The van der Waals surface area contributed by atoms with E-state index < -0.39 is 18.1 Å². The number of imide groups is 1. The summed E-state index contributed by atoms with van der Waals surface area (Å²) in [5, 5.41) is 1.71. The zero-order valence-corrected chi connectivity index (χ0v) is 18.7. The molecule has 0 N–H and O–H groups in total. The molecule has 5 rings (SSSR count). The van der Waals surface area contributed by atoms with Crippen molar-refractivity contribution in [3.63, 3.8) is 0 Å². The molecule has 0 aromatic heterocycles. The molecule has 3 aromatic carbocycles. The zero-order chi connectivity index (χ0) is 23.1. The van der Waals surface area contributed by atoms with E-state index >= 15 is 0 Å². The fourth-order valence-corrected chi connectivity index (χ4v) is 4.51. The number of para-hydroxylation sites is 1. The first-order valence-electron chi connectivity index (χ1n) is 10.8. The molecule has 7 heteroatoms. The van der Waals surface area contributed by atoms with Gasteiger partial charge in [0.05, 0.1) is 24.5 Å². The fraction of sp³-hybridized carbons (Fsp3) is 0.231. The average Bonchev–Trinajstić information content (AvgIpc) is 3.36. The molecule has 33 heavy (non-hydrogen) atoms. The summed E-state index contributed by atoms with van der Waals surface area (Å²) in [5.41, 5.74) is 3.27. The highest BCUT2D eigenvalue weighted by Crippen LogP contribution is 2.47. The van der Waals surface area contributed by atoms with Crippen LogP contribution in [-0.2, 0) is 14.4 Å². The summed E-state index contributed by atoms with van der Waals surface area (Å²) in [6, 6.07) is 24.0. The van der Waals surface area contributed by atoms with Crippen LogP contribution < -0.4 is 19.6 Å². The van der Waals surface area contributed by atoms with Crippen molar-refractivity contribution in [1.29, 1.82) is 0 Å². The highest BCUT2D eigenvalue weighted by molar-refractivity contribution is 6.23. The predicted molar refractivity (Wildman–Crippen MR) is 126 cm³/mol. The summed E-state index contributed by atoms with van der Waals surface area (Å²) in [6.07, 6.45) is -0.890. The molecule has 2 aliphatic rings. The van der Waals surface area contributed by atoms with Crippen molar-refractivity contribution in [3.8, 4) is 5.75 Å². The van der Waals surface area contributed by atoms with Crippen LogP contribution in [0, 0.1) is 5.92 Å². The Morgan fingerprint density at radius 2 is 1.48 bits per heavy atom. The monoisotopic (exact) mass is 443 g/mol. The smallest absolute Gasteiger partial charge is 0.266 e. The van der Waals surface area contributed by atoms with E-state index in [9.17, 15) is 9.59 Å². The average molecular weight is 444 g/mol. The van der Waals surface area contributed by atoms with Gasteiger partial charge in [0.25, 0.3) is 5.91 Å². The van der Waals surface area contributed by atoms with E-state index in [-0.39, 0.29) is 11.8 Å². The van der Waals surface area contributed by atoms with Gasteiger partial charge in [-0.25, -0.2) is 9.96 Å². The molecule has 3 atom stereocenters. The molecule has 2 heterocycles. The standard InChI is InChI=1S/C26H25N3O4/c1-27(2)18-11-9-17(10-12-18)23-22-24(33-29(23)20-7-5-4-6-8-20)26(31)28(25(22)30)19-13-15-21(32-3)16-14-19/h4-16,22-24H,1-3H3/t22-,23-,24-/m0/s1. The van der Waals surface area contributed by atoms with E-state index in [1.165, 1.54) is 4.90 Å². The van der Waals surface area contributed by atoms with Gasteiger partial charge in [0.2, 0.25) is 5.91 Å². The largest absolute Gasteiger partial charge is 0.497 e. The number of hydrogen-bond donors (Lipinski definition) is 0. The van der Waals surface area contributed by atoms with Gasteiger partial charge in [-0.1, -0.05) is 30.3 Å². The van der Waals surface area contributed by atoms with E-state index in [1.807, 2.05) is 73.6 Å². The third-order valence-electron chi connectivity index (χ3n) is 6.21. The van der Waals surface area contributed by atoms with Crippen LogP contribution in [0.15, 0.2) is 78.9 Å². The van der Waals surface area contributed by atoms with Gasteiger partial charge in [-0.3, -0.25) is 14.4 Å². The molecule has 2 amide bonds. The Labute approximate surface area is 192 Å². The summed E-state index contributed by atoms with van der Waals surface area (Å²) in [6.45, 7) is 0. The van der Waals surface area contributed by atoms with Crippen molar-refractivity contribution in [3.05, 3.63) is 84.4 Å². The van der Waals surface area contributed by atoms with Crippen LogP contribution in [0.4, 0.5) is 17.1 Å². The Hall–Kier alpha value is -3.84. The van der Waals surface area contributed by atoms with Gasteiger partial charge < -0.3 is 9.64 Å². The number of ether oxygens (including phenoxy) is 1. The second kappa shape index (κ2) is 8.26. The van der Waals surface area contributed by atoms with Crippen molar-refractivity contribution in [2.24, 2.45) is 5.92 Å². The molecule has 2 fully saturated rings. The number of carbonyl (C=O) groups excluding carboxylic acids is 2. The molecule has 168 valence electrons. The summed E-state index contributed by atoms with van der Waals surface area (Å²) >= 11 is 0. The van der Waals surface area contributed by atoms with Crippen LogP contribution >= 0.6 is 0 Å². The maximum atomic E-state index is 13.6. The van der Waals surface area contributed by atoms with Crippen LogP contribution in [0.2, 0.25) is 0 Å². The first-order chi connectivity index (χ1) is 16.0. The number of hydroxylamine groups is 1. The molecular formula is C26H25N3O4. The van der Waals surface area contributed by atoms with Crippen LogP contribution in [0.1, 0.15) is 11.6 Å². The van der Waals surface area contributed by atoms with Gasteiger partial charge in [0.15, 0.2) is 6.10 Å². The Morgan fingerprint density at radius 3 is 2.09 bits per heavy atom.